The van der Waals surface area contributed by atoms with E-state index in [4.69, 9.17) is 5.11 Å². The van der Waals surface area contributed by atoms with Gasteiger partial charge in [0.05, 0.1) is 17.8 Å². The van der Waals surface area contributed by atoms with E-state index < -0.39 is 17.4 Å². The number of carboxylic acid groups (broad SMARTS) is 1. The SMILES string of the molecule is O=C(O)c1ccnc(CNC(=O)c2ccc[nH]c2=O)c1. The summed E-state index contributed by atoms with van der Waals surface area (Å²) in [7, 11) is 0. The average Bonchev–Trinajstić information content (AvgIpc) is 2.45. The molecule has 2 heterocycles. The Balaban J connectivity index is 2.08. The van der Waals surface area contributed by atoms with Gasteiger partial charge in [-0.05, 0) is 24.3 Å². The number of aromatic nitrogens is 2. The molecular weight excluding hydrogens is 262 g/mol. The maximum atomic E-state index is 11.8. The topological polar surface area (TPSA) is 112 Å². The van der Waals surface area contributed by atoms with Gasteiger partial charge in [-0.15, -0.1) is 0 Å². The number of hydrogen-bond donors (Lipinski definition) is 3. The molecule has 7 nitrogen and oxygen atoms in total. The van der Waals surface area contributed by atoms with Crippen molar-refractivity contribution in [2.24, 2.45) is 0 Å². The van der Waals surface area contributed by atoms with Crippen molar-refractivity contribution in [1.82, 2.24) is 15.3 Å². The van der Waals surface area contributed by atoms with Crippen LogP contribution in [0.5, 0.6) is 0 Å². The predicted octanol–water partition coefficient (Wildman–Crippen LogP) is 0.398. The lowest BCUT2D eigenvalue weighted by atomic mass is 10.2. The van der Waals surface area contributed by atoms with Crippen LogP contribution in [0.25, 0.3) is 0 Å². The van der Waals surface area contributed by atoms with E-state index in [1.54, 1.807) is 6.07 Å². The lowest BCUT2D eigenvalue weighted by Crippen LogP contribution is -2.29. The molecule has 0 aromatic carbocycles. The highest BCUT2D eigenvalue weighted by Crippen LogP contribution is 2.02. The molecule has 0 aliphatic carbocycles. The van der Waals surface area contributed by atoms with Crippen LogP contribution in [0.2, 0.25) is 0 Å². The second-order valence-electron chi connectivity index (χ2n) is 3.94. The molecule has 0 spiro atoms. The summed E-state index contributed by atoms with van der Waals surface area (Å²) in [6, 6.07) is 5.66. The van der Waals surface area contributed by atoms with Gasteiger partial charge in [-0.25, -0.2) is 4.79 Å². The number of hydrogen-bond acceptors (Lipinski definition) is 4. The van der Waals surface area contributed by atoms with Gasteiger partial charge in [0.15, 0.2) is 0 Å². The van der Waals surface area contributed by atoms with Crippen LogP contribution in [0.3, 0.4) is 0 Å². The Morgan fingerprint density at radius 3 is 2.85 bits per heavy atom. The largest absolute Gasteiger partial charge is 0.478 e. The van der Waals surface area contributed by atoms with E-state index in [1.165, 1.54) is 30.6 Å². The molecule has 0 atom stereocenters. The first-order chi connectivity index (χ1) is 9.58. The van der Waals surface area contributed by atoms with Gasteiger partial charge in [0.1, 0.15) is 5.56 Å². The van der Waals surface area contributed by atoms with Crippen LogP contribution >= 0.6 is 0 Å². The molecule has 0 aliphatic heterocycles. The van der Waals surface area contributed by atoms with Gasteiger partial charge in [0, 0.05) is 12.4 Å². The zero-order valence-electron chi connectivity index (χ0n) is 10.3. The monoisotopic (exact) mass is 273 g/mol. The summed E-state index contributed by atoms with van der Waals surface area (Å²) >= 11 is 0. The quantitative estimate of drug-likeness (QED) is 0.746. The number of carbonyl (C=O) groups excluding carboxylic acids is 1. The van der Waals surface area contributed by atoms with Gasteiger partial charge >= 0.3 is 5.97 Å². The lowest BCUT2D eigenvalue weighted by Gasteiger charge is -2.04. The number of amides is 1. The first-order valence-electron chi connectivity index (χ1n) is 5.72. The van der Waals surface area contributed by atoms with Crippen molar-refractivity contribution in [3.63, 3.8) is 0 Å². The zero-order valence-corrected chi connectivity index (χ0v) is 10.3. The fourth-order valence-corrected chi connectivity index (χ4v) is 1.57. The Bertz CT molecular complexity index is 709. The summed E-state index contributed by atoms with van der Waals surface area (Å²) in [5.74, 6) is -1.62. The first kappa shape index (κ1) is 13.5. The molecule has 0 unspecified atom stereocenters. The molecule has 0 bridgehead atoms. The molecule has 0 radical (unpaired) electrons. The molecular formula is C13H11N3O4. The number of nitrogens with one attached hydrogen (secondary N) is 2. The first-order valence-corrected chi connectivity index (χ1v) is 5.72. The Kier molecular flexibility index (Phi) is 3.90. The molecule has 2 aromatic heterocycles. The molecule has 2 rings (SSSR count). The second kappa shape index (κ2) is 5.79. The lowest BCUT2D eigenvalue weighted by molar-refractivity contribution is 0.0696. The van der Waals surface area contributed by atoms with Crippen LogP contribution in [0.1, 0.15) is 26.4 Å². The van der Waals surface area contributed by atoms with E-state index >= 15 is 0 Å². The van der Waals surface area contributed by atoms with Gasteiger partial charge < -0.3 is 15.4 Å². The number of aromatic carboxylic acids is 1. The third-order valence-corrected chi connectivity index (χ3v) is 2.56. The van der Waals surface area contributed by atoms with E-state index in [2.05, 4.69) is 15.3 Å². The minimum Gasteiger partial charge on any atom is -0.478 e. The fourth-order valence-electron chi connectivity index (χ4n) is 1.57. The van der Waals surface area contributed by atoms with Crippen molar-refractivity contribution in [2.75, 3.05) is 0 Å². The molecule has 0 fully saturated rings. The van der Waals surface area contributed by atoms with Gasteiger partial charge in [0.2, 0.25) is 0 Å². The molecule has 0 saturated heterocycles. The molecule has 2 aromatic rings. The summed E-state index contributed by atoms with van der Waals surface area (Å²) in [5, 5.41) is 11.3. The number of aromatic amines is 1. The molecule has 102 valence electrons. The van der Waals surface area contributed by atoms with Crippen LogP contribution in [0.4, 0.5) is 0 Å². The number of rotatable bonds is 4. The Morgan fingerprint density at radius 2 is 2.15 bits per heavy atom. The van der Waals surface area contributed by atoms with E-state index in [-0.39, 0.29) is 17.7 Å². The Labute approximate surface area is 113 Å². The van der Waals surface area contributed by atoms with Crippen molar-refractivity contribution in [3.8, 4) is 0 Å². The highest BCUT2D eigenvalue weighted by molar-refractivity contribution is 5.93. The smallest absolute Gasteiger partial charge is 0.335 e. The van der Waals surface area contributed by atoms with E-state index in [1.807, 2.05) is 0 Å². The summed E-state index contributed by atoms with van der Waals surface area (Å²) < 4.78 is 0. The van der Waals surface area contributed by atoms with Gasteiger partial charge in [-0.2, -0.15) is 0 Å². The van der Waals surface area contributed by atoms with Gasteiger partial charge in [-0.3, -0.25) is 14.6 Å². The van der Waals surface area contributed by atoms with E-state index in [0.717, 1.165) is 0 Å². The maximum absolute atomic E-state index is 11.8. The summed E-state index contributed by atoms with van der Waals surface area (Å²) in [5.41, 5.74) is -0.0217. The Hall–Kier alpha value is -2.96. The number of carboxylic acids is 1. The maximum Gasteiger partial charge on any atom is 0.335 e. The minimum atomic E-state index is -1.07. The van der Waals surface area contributed by atoms with Gasteiger partial charge in [0.25, 0.3) is 11.5 Å². The van der Waals surface area contributed by atoms with Crippen LogP contribution < -0.4 is 10.9 Å². The number of carbonyl (C=O) groups is 2. The molecule has 20 heavy (non-hydrogen) atoms. The number of nitrogens with zero attached hydrogens (tertiary/aromatic N) is 1. The number of pyridine rings is 2. The normalized spacial score (nSPS) is 10.0. The number of H-pyrrole nitrogens is 1. The third-order valence-electron chi connectivity index (χ3n) is 2.56. The summed E-state index contributed by atoms with van der Waals surface area (Å²) in [6.07, 6.45) is 2.78. The average molecular weight is 273 g/mol. The standard InChI is InChI=1S/C13H11N3O4/c17-11-10(2-1-4-15-11)12(18)16-7-9-6-8(13(19)20)3-5-14-9/h1-6H,7H2,(H,15,17)(H,16,18)(H,19,20). The van der Waals surface area contributed by atoms with Crippen LogP contribution in [-0.4, -0.2) is 27.0 Å². The molecule has 1 amide bonds. The van der Waals surface area contributed by atoms with Crippen molar-refractivity contribution in [3.05, 3.63) is 63.8 Å². The molecule has 0 aliphatic rings. The van der Waals surface area contributed by atoms with Crippen LogP contribution in [-0.2, 0) is 6.54 Å². The van der Waals surface area contributed by atoms with Gasteiger partial charge in [-0.1, -0.05) is 0 Å². The molecule has 0 saturated carbocycles. The highest BCUT2D eigenvalue weighted by atomic mass is 16.4. The molecule has 3 N–H and O–H groups in total. The highest BCUT2D eigenvalue weighted by Gasteiger charge is 2.10. The van der Waals surface area contributed by atoms with Crippen molar-refractivity contribution in [1.29, 1.82) is 0 Å². The minimum absolute atomic E-state index is 0.0121. The summed E-state index contributed by atoms with van der Waals surface area (Å²) in [4.78, 5) is 40.3. The zero-order chi connectivity index (χ0) is 14.5. The van der Waals surface area contributed by atoms with Crippen molar-refractivity contribution < 1.29 is 14.7 Å². The van der Waals surface area contributed by atoms with E-state index in [9.17, 15) is 14.4 Å². The summed E-state index contributed by atoms with van der Waals surface area (Å²) in [6.45, 7) is 0.0360. The van der Waals surface area contributed by atoms with Crippen molar-refractivity contribution >= 4 is 11.9 Å². The fraction of sp³-hybridized carbons (Fsp3) is 0.0769. The second-order valence-corrected chi connectivity index (χ2v) is 3.94. The molecule has 7 heteroatoms. The van der Waals surface area contributed by atoms with Crippen molar-refractivity contribution in [2.45, 2.75) is 6.54 Å². The van der Waals surface area contributed by atoms with Crippen LogP contribution in [0, 0.1) is 0 Å². The van der Waals surface area contributed by atoms with E-state index in [0.29, 0.717) is 5.69 Å². The Morgan fingerprint density at radius 1 is 1.35 bits per heavy atom. The third kappa shape index (κ3) is 3.08. The predicted molar refractivity (Wildman–Crippen MR) is 69.4 cm³/mol. The van der Waals surface area contributed by atoms with Crippen LogP contribution in [0.15, 0.2) is 41.5 Å².